The SMILES string of the molecule is Cc1ccc(-c2c(C(N)=O)sc(N3CC[C@@H](O)C3)c2C#N)c(Cl)c1. The molecule has 24 heavy (non-hydrogen) atoms. The number of aliphatic hydroxyl groups excluding tert-OH is 1. The Morgan fingerprint density at radius 2 is 2.29 bits per heavy atom. The van der Waals surface area contributed by atoms with Crippen LogP contribution >= 0.6 is 22.9 Å². The van der Waals surface area contributed by atoms with Crippen LogP contribution in [0, 0.1) is 18.3 Å². The van der Waals surface area contributed by atoms with Crippen LogP contribution in [0.5, 0.6) is 0 Å². The van der Waals surface area contributed by atoms with E-state index in [9.17, 15) is 15.2 Å². The number of benzene rings is 1. The highest BCUT2D eigenvalue weighted by atomic mass is 35.5. The molecule has 2 aromatic rings. The highest BCUT2D eigenvalue weighted by Crippen LogP contribution is 2.44. The van der Waals surface area contributed by atoms with Gasteiger partial charge in [-0.2, -0.15) is 5.26 Å². The van der Waals surface area contributed by atoms with Gasteiger partial charge in [0.05, 0.1) is 11.7 Å². The number of β-amino-alcohol motifs (C(OH)–C–C–N with tert-alkyl or cyclic N) is 1. The summed E-state index contributed by atoms with van der Waals surface area (Å²) in [6, 6.07) is 7.66. The first-order chi connectivity index (χ1) is 11.4. The van der Waals surface area contributed by atoms with Gasteiger partial charge in [-0.25, -0.2) is 0 Å². The fourth-order valence-electron chi connectivity index (χ4n) is 2.93. The first kappa shape index (κ1) is 16.8. The normalized spacial score (nSPS) is 17.1. The van der Waals surface area contributed by atoms with Crippen LogP contribution in [0.1, 0.15) is 27.2 Å². The Balaban J connectivity index is 2.22. The van der Waals surface area contributed by atoms with Crippen molar-refractivity contribution in [2.24, 2.45) is 5.73 Å². The molecule has 0 saturated carbocycles. The molecule has 5 nitrogen and oxygen atoms in total. The molecule has 124 valence electrons. The standard InChI is InChI=1S/C17H16ClN3O2S/c1-9-2-3-11(13(18)6-9)14-12(7-19)17(24-15(14)16(20)23)21-5-4-10(22)8-21/h2-3,6,10,22H,4-5,8H2,1H3,(H2,20,23)/t10-/m1/s1. The number of thiophene rings is 1. The molecule has 1 aromatic carbocycles. The zero-order valence-corrected chi connectivity index (χ0v) is 14.6. The van der Waals surface area contributed by atoms with Crippen molar-refractivity contribution < 1.29 is 9.90 Å². The molecule has 3 rings (SSSR count). The molecule has 1 amide bonds. The molecule has 0 aliphatic carbocycles. The second kappa shape index (κ2) is 6.44. The van der Waals surface area contributed by atoms with Gasteiger partial charge < -0.3 is 15.7 Å². The number of aliphatic hydroxyl groups is 1. The summed E-state index contributed by atoms with van der Waals surface area (Å²) >= 11 is 7.54. The first-order valence-electron chi connectivity index (χ1n) is 7.48. The summed E-state index contributed by atoms with van der Waals surface area (Å²) in [5, 5.41) is 20.6. The van der Waals surface area contributed by atoms with Crippen molar-refractivity contribution in [1.82, 2.24) is 0 Å². The number of anilines is 1. The summed E-state index contributed by atoms with van der Waals surface area (Å²) in [6.07, 6.45) is 0.206. The van der Waals surface area contributed by atoms with Crippen LogP contribution < -0.4 is 10.6 Å². The Bertz CT molecular complexity index is 856. The predicted molar refractivity (Wildman–Crippen MR) is 95.6 cm³/mol. The quantitative estimate of drug-likeness (QED) is 0.879. The number of carbonyl (C=O) groups is 1. The minimum atomic E-state index is -0.589. The molecular weight excluding hydrogens is 346 g/mol. The number of nitrogens with two attached hydrogens (primary N) is 1. The number of aryl methyl sites for hydroxylation is 1. The van der Waals surface area contributed by atoms with Crippen LogP contribution in [-0.2, 0) is 0 Å². The van der Waals surface area contributed by atoms with Gasteiger partial charge in [0.25, 0.3) is 5.91 Å². The fraction of sp³-hybridized carbons (Fsp3) is 0.294. The van der Waals surface area contributed by atoms with E-state index >= 15 is 0 Å². The van der Waals surface area contributed by atoms with Crippen molar-refractivity contribution in [3.05, 3.63) is 39.2 Å². The topological polar surface area (TPSA) is 90.3 Å². The lowest BCUT2D eigenvalue weighted by Gasteiger charge is -2.16. The van der Waals surface area contributed by atoms with Gasteiger partial charge in [0.15, 0.2) is 0 Å². The summed E-state index contributed by atoms with van der Waals surface area (Å²) in [6.45, 7) is 2.99. The lowest BCUT2D eigenvalue weighted by atomic mass is 10.00. The van der Waals surface area contributed by atoms with Gasteiger partial charge in [-0.1, -0.05) is 23.7 Å². The smallest absolute Gasteiger partial charge is 0.259 e. The molecule has 3 N–H and O–H groups in total. The molecule has 0 unspecified atom stereocenters. The molecule has 1 aliphatic rings. The summed E-state index contributed by atoms with van der Waals surface area (Å²) in [5.41, 5.74) is 8.02. The second-order valence-corrected chi connectivity index (χ2v) is 7.24. The summed E-state index contributed by atoms with van der Waals surface area (Å²) in [4.78, 5) is 14.2. The van der Waals surface area contributed by atoms with Crippen molar-refractivity contribution in [2.75, 3.05) is 18.0 Å². The Hall–Kier alpha value is -2.07. The molecule has 1 fully saturated rings. The summed E-state index contributed by atoms with van der Waals surface area (Å²) in [7, 11) is 0. The van der Waals surface area contributed by atoms with E-state index < -0.39 is 12.0 Å². The molecule has 0 bridgehead atoms. The zero-order chi connectivity index (χ0) is 17.4. The third-order valence-electron chi connectivity index (χ3n) is 4.07. The number of primary amides is 1. The van der Waals surface area contributed by atoms with Crippen molar-refractivity contribution in [1.29, 1.82) is 5.26 Å². The monoisotopic (exact) mass is 361 g/mol. The fourth-order valence-corrected chi connectivity index (χ4v) is 4.41. The van der Waals surface area contributed by atoms with E-state index in [-0.39, 0.29) is 0 Å². The van der Waals surface area contributed by atoms with Gasteiger partial charge in [0.1, 0.15) is 15.9 Å². The molecule has 7 heteroatoms. The molecule has 0 radical (unpaired) electrons. The molecule has 1 atom stereocenters. The molecule has 0 spiro atoms. The number of halogens is 1. The summed E-state index contributed by atoms with van der Waals surface area (Å²) < 4.78 is 0. The van der Waals surface area contributed by atoms with Gasteiger partial charge in [-0.15, -0.1) is 11.3 Å². The van der Waals surface area contributed by atoms with E-state index in [1.165, 1.54) is 11.3 Å². The molecule has 1 aliphatic heterocycles. The van der Waals surface area contributed by atoms with Gasteiger partial charge in [0, 0.05) is 29.2 Å². The van der Waals surface area contributed by atoms with E-state index in [1.807, 2.05) is 17.9 Å². The molecule has 1 saturated heterocycles. The Labute approximate surface area is 148 Å². The van der Waals surface area contributed by atoms with Crippen LogP contribution in [0.25, 0.3) is 11.1 Å². The number of amides is 1. The maximum atomic E-state index is 11.9. The number of hydrogen-bond acceptors (Lipinski definition) is 5. The van der Waals surface area contributed by atoms with Crippen LogP contribution in [-0.4, -0.2) is 30.2 Å². The van der Waals surface area contributed by atoms with Crippen molar-refractivity contribution >= 4 is 33.8 Å². The van der Waals surface area contributed by atoms with Crippen LogP contribution in [0.2, 0.25) is 5.02 Å². The zero-order valence-electron chi connectivity index (χ0n) is 13.0. The van der Waals surface area contributed by atoms with Crippen molar-refractivity contribution in [3.63, 3.8) is 0 Å². The van der Waals surface area contributed by atoms with Crippen LogP contribution in [0.3, 0.4) is 0 Å². The molecule has 2 heterocycles. The van der Waals surface area contributed by atoms with Crippen LogP contribution in [0.15, 0.2) is 18.2 Å². The maximum Gasteiger partial charge on any atom is 0.259 e. The maximum absolute atomic E-state index is 11.9. The highest BCUT2D eigenvalue weighted by molar-refractivity contribution is 7.18. The number of nitrogens with zero attached hydrogens (tertiary/aromatic N) is 2. The Morgan fingerprint density at radius 1 is 1.54 bits per heavy atom. The predicted octanol–water partition coefficient (Wildman–Crippen LogP) is 2.92. The van der Waals surface area contributed by atoms with E-state index in [0.29, 0.717) is 51.1 Å². The molecule has 1 aromatic heterocycles. The third kappa shape index (κ3) is 2.86. The van der Waals surface area contributed by atoms with Gasteiger partial charge >= 0.3 is 0 Å². The first-order valence-corrected chi connectivity index (χ1v) is 8.68. The van der Waals surface area contributed by atoms with Gasteiger partial charge in [-0.3, -0.25) is 4.79 Å². The van der Waals surface area contributed by atoms with Crippen LogP contribution in [0.4, 0.5) is 5.00 Å². The van der Waals surface area contributed by atoms with Gasteiger partial charge in [-0.05, 0) is 25.0 Å². The molecular formula is C17H16ClN3O2S. The number of hydrogen-bond donors (Lipinski definition) is 2. The lowest BCUT2D eigenvalue weighted by Crippen LogP contribution is -2.20. The number of rotatable bonds is 3. The lowest BCUT2D eigenvalue weighted by molar-refractivity contribution is 0.100. The number of carbonyl (C=O) groups excluding carboxylic acids is 1. The number of nitriles is 1. The second-order valence-electron chi connectivity index (χ2n) is 5.83. The summed E-state index contributed by atoms with van der Waals surface area (Å²) in [5.74, 6) is -0.589. The minimum absolute atomic E-state index is 0.314. The van der Waals surface area contributed by atoms with Gasteiger partial charge in [0.2, 0.25) is 0 Å². The average molecular weight is 362 g/mol. The van der Waals surface area contributed by atoms with E-state index in [4.69, 9.17) is 17.3 Å². The minimum Gasteiger partial charge on any atom is -0.391 e. The van der Waals surface area contributed by atoms with E-state index in [1.54, 1.807) is 12.1 Å². The van der Waals surface area contributed by atoms with E-state index in [2.05, 4.69) is 6.07 Å². The Kier molecular flexibility index (Phi) is 4.50. The van der Waals surface area contributed by atoms with E-state index in [0.717, 1.165) is 5.56 Å². The van der Waals surface area contributed by atoms with Crippen molar-refractivity contribution in [2.45, 2.75) is 19.4 Å². The average Bonchev–Trinajstić information content (AvgIpc) is 3.10. The largest absolute Gasteiger partial charge is 0.391 e. The third-order valence-corrected chi connectivity index (χ3v) is 5.65. The van der Waals surface area contributed by atoms with Crippen molar-refractivity contribution in [3.8, 4) is 17.2 Å². The highest BCUT2D eigenvalue weighted by Gasteiger charge is 2.30. The Morgan fingerprint density at radius 3 is 2.83 bits per heavy atom.